The van der Waals surface area contributed by atoms with Gasteiger partial charge >= 0.3 is 6.09 Å². The summed E-state index contributed by atoms with van der Waals surface area (Å²) >= 11 is 0. The molecule has 0 bridgehead atoms. The molecule has 0 fully saturated rings. The lowest BCUT2D eigenvalue weighted by atomic mass is 10.3. The third-order valence-electron chi connectivity index (χ3n) is 2.68. The molecule has 0 radical (unpaired) electrons. The van der Waals surface area contributed by atoms with E-state index in [1.165, 1.54) is 6.20 Å². The van der Waals surface area contributed by atoms with E-state index in [2.05, 4.69) is 20.8 Å². The number of methoxy groups -OCH3 is 1. The molecule has 0 atom stereocenters. The molecular weight excluding hydrogens is 302 g/mol. The first kappa shape index (κ1) is 16.3. The first-order valence-electron chi connectivity index (χ1n) is 6.88. The van der Waals surface area contributed by atoms with E-state index >= 15 is 0 Å². The number of nitrogens with one attached hydrogen (secondary N) is 2. The lowest BCUT2D eigenvalue weighted by Crippen LogP contribution is -2.20. The topological polar surface area (TPSA) is 107 Å². The number of benzene rings is 1. The van der Waals surface area contributed by atoms with E-state index in [1.54, 1.807) is 38.3 Å². The molecule has 0 unspecified atom stereocenters. The van der Waals surface area contributed by atoms with Gasteiger partial charge in [0.15, 0.2) is 5.82 Å². The van der Waals surface area contributed by atoms with Crippen LogP contribution in [-0.4, -0.2) is 40.7 Å². The Balaban J connectivity index is 1.90. The lowest BCUT2D eigenvalue weighted by Gasteiger charge is -2.06. The number of ether oxygens (including phenoxy) is 2. The molecule has 2 N–H and O–H groups in total. The van der Waals surface area contributed by atoms with Gasteiger partial charge in [-0.25, -0.2) is 4.79 Å². The van der Waals surface area contributed by atoms with Crippen LogP contribution in [0.1, 0.15) is 6.92 Å². The predicted octanol–water partition coefficient (Wildman–Crippen LogP) is 1.49. The van der Waals surface area contributed by atoms with Gasteiger partial charge in [0, 0.05) is 11.8 Å². The summed E-state index contributed by atoms with van der Waals surface area (Å²) < 4.78 is 9.80. The number of hydrogen-bond acceptors (Lipinski definition) is 6. The minimum atomic E-state index is -0.625. The van der Waals surface area contributed by atoms with Crippen LogP contribution in [0.2, 0.25) is 0 Å². The molecule has 1 aromatic carbocycles. The largest absolute Gasteiger partial charge is 0.497 e. The first-order valence-corrected chi connectivity index (χ1v) is 6.88. The molecule has 0 saturated carbocycles. The van der Waals surface area contributed by atoms with Gasteiger partial charge in [0.1, 0.15) is 12.3 Å². The fourth-order valence-corrected chi connectivity index (χ4v) is 1.73. The first-order chi connectivity index (χ1) is 11.1. The van der Waals surface area contributed by atoms with Gasteiger partial charge < -0.3 is 14.8 Å². The van der Waals surface area contributed by atoms with Gasteiger partial charge in [-0.05, 0) is 19.1 Å². The molecule has 23 heavy (non-hydrogen) atoms. The maximum Gasteiger partial charge on any atom is 0.412 e. The van der Waals surface area contributed by atoms with E-state index in [0.717, 1.165) is 4.80 Å². The molecular formula is C14H17N5O4. The zero-order valence-corrected chi connectivity index (χ0v) is 12.8. The Bertz CT molecular complexity index is 685. The van der Waals surface area contributed by atoms with Gasteiger partial charge in [0.05, 0.1) is 19.9 Å². The van der Waals surface area contributed by atoms with Gasteiger partial charge in [-0.15, -0.1) is 5.10 Å². The SMILES string of the molecule is CCOC(=O)Nc1cnn(CC(=O)Nc2cccc(OC)c2)n1. The second-order valence-corrected chi connectivity index (χ2v) is 4.39. The summed E-state index contributed by atoms with van der Waals surface area (Å²) in [6.45, 7) is 1.85. The summed E-state index contributed by atoms with van der Waals surface area (Å²) in [6.07, 6.45) is 0.704. The Morgan fingerprint density at radius 2 is 2.13 bits per heavy atom. The van der Waals surface area contributed by atoms with Crippen molar-refractivity contribution in [3.05, 3.63) is 30.5 Å². The molecule has 0 aliphatic carbocycles. The van der Waals surface area contributed by atoms with E-state index in [0.29, 0.717) is 11.4 Å². The molecule has 0 saturated heterocycles. The van der Waals surface area contributed by atoms with E-state index in [1.807, 2.05) is 0 Å². The maximum absolute atomic E-state index is 12.0. The van der Waals surface area contributed by atoms with Crippen molar-refractivity contribution >= 4 is 23.5 Å². The molecule has 2 amide bonds. The summed E-state index contributed by atoms with van der Waals surface area (Å²) in [5.41, 5.74) is 0.603. The third kappa shape index (κ3) is 4.99. The fraction of sp³-hybridized carbons (Fsp3) is 0.286. The van der Waals surface area contributed by atoms with Crippen LogP contribution in [0, 0.1) is 0 Å². The van der Waals surface area contributed by atoms with Crippen LogP contribution in [0.25, 0.3) is 0 Å². The molecule has 0 spiro atoms. The van der Waals surface area contributed by atoms with Crippen molar-refractivity contribution in [2.24, 2.45) is 0 Å². The van der Waals surface area contributed by atoms with Gasteiger partial charge in [0.2, 0.25) is 5.91 Å². The highest BCUT2D eigenvalue weighted by Crippen LogP contribution is 2.16. The number of anilines is 2. The number of amides is 2. The standard InChI is InChI=1S/C14H17N5O4/c1-3-23-14(21)17-12-8-15-19(18-12)9-13(20)16-10-5-4-6-11(7-10)22-2/h4-8H,3,9H2,1-2H3,(H,16,20)(H,17,18,21). The number of hydrogen-bond donors (Lipinski definition) is 2. The molecule has 1 aromatic heterocycles. The van der Waals surface area contributed by atoms with Crippen molar-refractivity contribution in [1.82, 2.24) is 15.0 Å². The average molecular weight is 319 g/mol. The van der Waals surface area contributed by atoms with Crippen molar-refractivity contribution in [1.29, 1.82) is 0 Å². The highest BCUT2D eigenvalue weighted by atomic mass is 16.5. The van der Waals surface area contributed by atoms with Gasteiger partial charge in [0.25, 0.3) is 0 Å². The highest BCUT2D eigenvalue weighted by Gasteiger charge is 2.09. The van der Waals surface area contributed by atoms with Crippen LogP contribution in [0.4, 0.5) is 16.3 Å². The smallest absolute Gasteiger partial charge is 0.412 e. The summed E-state index contributed by atoms with van der Waals surface area (Å²) in [5, 5.41) is 13.0. The highest BCUT2D eigenvalue weighted by molar-refractivity contribution is 5.90. The van der Waals surface area contributed by atoms with Crippen LogP contribution in [0.5, 0.6) is 5.75 Å². The normalized spacial score (nSPS) is 10.0. The number of nitrogens with zero attached hydrogens (tertiary/aromatic N) is 3. The summed E-state index contributed by atoms with van der Waals surface area (Å²) in [6, 6.07) is 6.98. The average Bonchev–Trinajstić information content (AvgIpc) is 2.94. The van der Waals surface area contributed by atoms with E-state index in [9.17, 15) is 9.59 Å². The number of rotatable bonds is 6. The van der Waals surface area contributed by atoms with Crippen molar-refractivity contribution in [2.45, 2.75) is 13.5 Å². The van der Waals surface area contributed by atoms with Crippen molar-refractivity contribution in [3.63, 3.8) is 0 Å². The van der Waals surface area contributed by atoms with Crippen LogP contribution >= 0.6 is 0 Å². The van der Waals surface area contributed by atoms with Gasteiger partial charge in [-0.2, -0.15) is 9.90 Å². The van der Waals surface area contributed by atoms with Crippen LogP contribution in [-0.2, 0) is 16.1 Å². The summed E-state index contributed by atoms with van der Waals surface area (Å²) in [7, 11) is 1.55. The van der Waals surface area contributed by atoms with E-state index in [4.69, 9.17) is 9.47 Å². The Morgan fingerprint density at radius 3 is 2.87 bits per heavy atom. The second kappa shape index (κ2) is 7.78. The maximum atomic E-state index is 12.0. The lowest BCUT2D eigenvalue weighted by molar-refractivity contribution is -0.117. The monoisotopic (exact) mass is 319 g/mol. The Hall–Kier alpha value is -3.10. The Morgan fingerprint density at radius 1 is 1.30 bits per heavy atom. The van der Waals surface area contributed by atoms with Crippen molar-refractivity contribution < 1.29 is 19.1 Å². The van der Waals surface area contributed by atoms with Crippen molar-refractivity contribution in [2.75, 3.05) is 24.4 Å². The zero-order valence-electron chi connectivity index (χ0n) is 12.8. The number of carbonyl (C=O) groups is 2. The summed E-state index contributed by atoms with van der Waals surface area (Å²) in [4.78, 5) is 24.4. The second-order valence-electron chi connectivity index (χ2n) is 4.39. The van der Waals surface area contributed by atoms with E-state index < -0.39 is 6.09 Å². The molecule has 0 aliphatic heterocycles. The molecule has 9 nitrogen and oxygen atoms in total. The van der Waals surface area contributed by atoms with E-state index in [-0.39, 0.29) is 24.9 Å². The quantitative estimate of drug-likeness (QED) is 0.835. The van der Waals surface area contributed by atoms with Crippen molar-refractivity contribution in [3.8, 4) is 5.75 Å². The van der Waals surface area contributed by atoms with Crippen LogP contribution < -0.4 is 15.4 Å². The Labute approximate surface area is 132 Å². The molecule has 0 aliphatic rings. The zero-order chi connectivity index (χ0) is 16.7. The molecule has 122 valence electrons. The molecule has 2 rings (SSSR count). The summed E-state index contributed by atoms with van der Waals surface area (Å²) in [5.74, 6) is 0.537. The minimum absolute atomic E-state index is 0.0955. The number of carbonyl (C=O) groups excluding carboxylic acids is 2. The fourth-order valence-electron chi connectivity index (χ4n) is 1.73. The molecule has 2 aromatic rings. The third-order valence-corrected chi connectivity index (χ3v) is 2.68. The predicted molar refractivity (Wildman–Crippen MR) is 82.3 cm³/mol. The van der Waals surface area contributed by atoms with Crippen LogP contribution in [0.3, 0.4) is 0 Å². The number of aromatic nitrogens is 3. The van der Waals surface area contributed by atoms with Gasteiger partial charge in [-0.1, -0.05) is 6.07 Å². The molecule has 1 heterocycles. The molecule has 9 heteroatoms. The Kier molecular flexibility index (Phi) is 5.50. The minimum Gasteiger partial charge on any atom is -0.497 e. The van der Waals surface area contributed by atoms with Gasteiger partial charge in [-0.3, -0.25) is 10.1 Å². The van der Waals surface area contributed by atoms with Crippen LogP contribution in [0.15, 0.2) is 30.5 Å².